The number of rotatable bonds is 4. The fraction of sp³-hybridized carbons (Fsp3) is 0.714. The highest BCUT2D eigenvalue weighted by Gasteiger charge is 2.60. The second-order valence-corrected chi connectivity index (χ2v) is 10.9. The number of nitrogens with zero attached hydrogens (tertiary/aromatic N) is 2. The Labute approximate surface area is 171 Å². The Bertz CT molecular complexity index is 778. The van der Waals surface area contributed by atoms with Gasteiger partial charge in [0.25, 0.3) is 5.91 Å². The molecule has 3 rings (SSSR count). The van der Waals surface area contributed by atoms with Crippen LogP contribution in [0.2, 0.25) is 0 Å². The molecular formula is C21H31N3O3S. The van der Waals surface area contributed by atoms with Gasteiger partial charge in [0.1, 0.15) is 6.54 Å². The fourth-order valence-corrected chi connectivity index (χ4v) is 5.37. The SMILES string of the molecule is CC(C)(C)C(=O)/C=C1\SCC(=O)N1CC(=O)N/N=C1/C[C@@H]2CC[C@@]1(C)C2(C)C. The molecule has 1 heterocycles. The minimum absolute atomic E-state index is 0.0223. The summed E-state index contributed by atoms with van der Waals surface area (Å²) >= 11 is 1.30. The number of nitrogens with one attached hydrogen (secondary N) is 1. The van der Waals surface area contributed by atoms with E-state index >= 15 is 0 Å². The number of carbonyl (C=O) groups excluding carboxylic acids is 3. The molecular weight excluding hydrogens is 374 g/mol. The Balaban J connectivity index is 1.67. The van der Waals surface area contributed by atoms with Crippen LogP contribution in [0.1, 0.15) is 60.8 Å². The first kappa shape index (κ1) is 21.1. The summed E-state index contributed by atoms with van der Waals surface area (Å²) < 4.78 is 0. The third-order valence-electron chi connectivity index (χ3n) is 7.03. The first-order chi connectivity index (χ1) is 12.9. The Morgan fingerprint density at radius 1 is 1.32 bits per heavy atom. The number of hydrazone groups is 1. The Kier molecular flexibility index (Phi) is 5.28. The molecule has 3 aliphatic rings. The Morgan fingerprint density at radius 2 is 2.00 bits per heavy atom. The maximum Gasteiger partial charge on any atom is 0.260 e. The second kappa shape index (κ2) is 7.01. The van der Waals surface area contributed by atoms with E-state index in [0.717, 1.165) is 18.6 Å². The number of thioether (sulfide) groups is 1. The molecule has 2 atom stereocenters. The zero-order chi connectivity index (χ0) is 20.9. The molecule has 2 aliphatic carbocycles. The van der Waals surface area contributed by atoms with Gasteiger partial charge in [-0.15, -0.1) is 0 Å². The average molecular weight is 406 g/mol. The summed E-state index contributed by atoms with van der Waals surface area (Å²) in [6.07, 6.45) is 4.72. The molecule has 1 N–H and O–H groups in total. The van der Waals surface area contributed by atoms with E-state index in [-0.39, 0.29) is 40.7 Å². The molecule has 3 fully saturated rings. The van der Waals surface area contributed by atoms with Gasteiger partial charge in [0.05, 0.1) is 10.8 Å². The van der Waals surface area contributed by atoms with E-state index in [2.05, 4.69) is 31.3 Å². The molecule has 154 valence electrons. The normalized spacial score (nSPS) is 31.9. The average Bonchev–Trinajstić information content (AvgIpc) is 3.10. The van der Waals surface area contributed by atoms with Gasteiger partial charge in [-0.2, -0.15) is 5.10 Å². The molecule has 6 nitrogen and oxygen atoms in total. The van der Waals surface area contributed by atoms with E-state index in [1.807, 2.05) is 20.8 Å². The topological polar surface area (TPSA) is 78.8 Å². The summed E-state index contributed by atoms with van der Waals surface area (Å²) in [6, 6.07) is 0. The largest absolute Gasteiger partial charge is 0.296 e. The van der Waals surface area contributed by atoms with Crippen molar-refractivity contribution in [3.05, 3.63) is 11.1 Å². The van der Waals surface area contributed by atoms with Crippen molar-refractivity contribution in [2.24, 2.45) is 27.3 Å². The van der Waals surface area contributed by atoms with Crippen molar-refractivity contribution >= 4 is 35.1 Å². The van der Waals surface area contributed by atoms with Gasteiger partial charge >= 0.3 is 0 Å². The molecule has 2 saturated carbocycles. The molecule has 1 saturated heterocycles. The molecule has 1 aliphatic heterocycles. The van der Waals surface area contributed by atoms with E-state index in [1.54, 1.807) is 0 Å². The Morgan fingerprint density at radius 3 is 2.54 bits per heavy atom. The van der Waals surface area contributed by atoms with Crippen LogP contribution in [0.4, 0.5) is 0 Å². The summed E-state index contributed by atoms with van der Waals surface area (Å²) in [6.45, 7) is 12.2. The molecule has 0 aromatic rings. The Hall–Kier alpha value is -1.63. The number of fused-ring (bicyclic) bond motifs is 2. The second-order valence-electron chi connectivity index (χ2n) is 9.95. The molecule has 28 heavy (non-hydrogen) atoms. The van der Waals surface area contributed by atoms with Crippen molar-refractivity contribution in [3.8, 4) is 0 Å². The van der Waals surface area contributed by atoms with Crippen molar-refractivity contribution in [1.82, 2.24) is 10.3 Å². The lowest BCUT2D eigenvalue weighted by atomic mass is 9.70. The molecule has 7 heteroatoms. The predicted molar refractivity (Wildman–Crippen MR) is 112 cm³/mol. The highest BCUT2D eigenvalue weighted by molar-refractivity contribution is 8.04. The van der Waals surface area contributed by atoms with E-state index in [9.17, 15) is 14.4 Å². The summed E-state index contributed by atoms with van der Waals surface area (Å²) in [5.74, 6) is 0.310. The monoisotopic (exact) mass is 405 g/mol. The van der Waals surface area contributed by atoms with Crippen LogP contribution >= 0.6 is 11.8 Å². The minimum atomic E-state index is -0.525. The number of ketones is 1. The number of hydrogen-bond donors (Lipinski definition) is 1. The smallest absolute Gasteiger partial charge is 0.260 e. The van der Waals surface area contributed by atoms with E-state index in [0.29, 0.717) is 10.9 Å². The predicted octanol–water partition coefficient (Wildman–Crippen LogP) is 3.34. The lowest BCUT2D eigenvalue weighted by Gasteiger charge is -2.34. The van der Waals surface area contributed by atoms with E-state index in [4.69, 9.17) is 0 Å². The van der Waals surface area contributed by atoms with Crippen LogP contribution in [-0.2, 0) is 14.4 Å². The van der Waals surface area contributed by atoms with Gasteiger partial charge in [-0.1, -0.05) is 53.3 Å². The van der Waals surface area contributed by atoms with Crippen LogP contribution in [-0.4, -0.2) is 40.5 Å². The lowest BCUT2D eigenvalue weighted by molar-refractivity contribution is -0.131. The minimum Gasteiger partial charge on any atom is -0.296 e. The van der Waals surface area contributed by atoms with Crippen LogP contribution in [0, 0.1) is 22.2 Å². The van der Waals surface area contributed by atoms with Crippen molar-refractivity contribution in [2.75, 3.05) is 12.3 Å². The van der Waals surface area contributed by atoms with Crippen LogP contribution < -0.4 is 5.43 Å². The van der Waals surface area contributed by atoms with Crippen LogP contribution in [0.5, 0.6) is 0 Å². The summed E-state index contributed by atoms with van der Waals surface area (Å²) in [5.41, 5.74) is 3.41. The van der Waals surface area contributed by atoms with Crippen molar-refractivity contribution in [2.45, 2.75) is 60.8 Å². The standard InChI is InChI=1S/C21H31N3O3S/c1-19(2,3)15(25)10-18-24(17(27)12-28-18)11-16(26)23-22-14-9-13-7-8-21(14,6)20(13,4)5/h10,13H,7-9,11-12H2,1-6H3,(H,23,26)/b18-10-,22-14-/t13-,21+/m0/s1. The molecule has 0 aromatic carbocycles. The first-order valence-electron chi connectivity index (χ1n) is 9.91. The van der Waals surface area contributed by atoms with Gasteiger partial charge in [0.2, 0.25) is 5.91 Å². The number of carbonyl (C=O) groups is 3. The van der Waals surface area contributed by atoms with Gasteiger partial charge in [0.15, 0.2) is 5.78 Å². The van der Waals surface area contributed by atoms with Crippen LogP contribution in [0.3, 0.4) is 0 Å². The van der Waals surface area contributed by atoms with Crippen molar-refractivity contribution < 1.29 is 14.4 Å². The maximum atomic E-state index is 12.5. The zero-order valence-corrected chi connectivity index (χ0v) is 18.5. The van der Waals surface area contributed by atoms with Gasteiger partial charge < -0.3 is 0 Å². The molecule has 0 unspecified atom stereocenters. The van der Waals surface area contributed by atoms with Gasteiger partial charge in [-0.05, 0) is 30.6 Å². The molecule has 0 spiro atoms. The third kappa shape index (κ3) is 3.53. The third-order valence-corrected chi connectivity index (χ3v) is 8.06. The summed E-state index contributed by atoms with van der Waals surface area (Å²) in [7, 11) is 0. The highest BCUT2D eigenvalue weighted by atomic mass is 32.2. The van der Waals surface area contributed by atoms with Gasteiger partial charge in [-0.25, -0.2) is 5.43 Å². The van der Waals surface area contributed by atoms with Crippen LogP contribution in [0.25, 0.3) is 0 Å². The summed E-state index contributed by atoms with van der Waals surface area (Å²) in [5, 5.41) is 4.99. The van der Waals surface area contributed by atoms with Gasteiger partial charge in [-0.3, -0.25) is 19.3 Å². The molecule has 2 bridgehead atoms. The zero-order valence-electron chi connectivity index (χ0n) is 17.7. The number of amides is 2. The van der Waals surface area contributed by atoms with E-state index < -0.39 is 5.41 Å². The lowest BCUT2D eigenvalue weighted by Crippen LogP contribution is -2.38. The molecule has 0 radical (unpaired) electrons. The highest BCUT2D eigenvalue weighted by Crippen LogP contribution is 2.63. The maximum absolute atomic E-state index is 12.5. The fourth-order valence-electron chi connectivity index (χ4n) is 4.44. The van der Waals surface area contributed by atoms with Crippen molar-refractivity contribution in [3.63, 3.8) is 0 Å². The van der Waals surface area contributed by atoms with Crippen molar-refractivity contribution in [1.29, 1.82) is 0 Å². The van der Waals surface area contributed by atoms with Gasteiger partial charge in [0, 0.05) is 22.6 Å². The van der Waals surface area contributed by atoms with Crippen LogP contribution in [0.15, 0.2) is 16.2 Å². The first-order valence-corrected chi connectivity index (χ1v) is 10.9. The molecule has 2 amide bonds. The number of hydrogen-bond acceptors (Lipinski definition) is 5. The quantitative estimate of drug-likeness (QED) is 0.575. The molecule has 0 aromatic heterocycles. The summed E-state index contributed by atoms with van der Waals surface area (Å²) in [4.78, 5) is 38.3. The number of allylic oxidation sites excluding steroid dienone is 1. The van der Waals surface area contributed by atoms with E-state index in [1.165, 1.54) is 29.2 Å².